The van der Waals surface area contributed by atoms with Gasteiger partial charge >= 0.3 is 18.3 Å². The number of H-pyrrole nitrogens is 1. The molecule has 258 valence electrons. The number of hydrogen-bond donors (Lipinski definition) is 2. The average molecular weight is 697 g/mol. The van der Waals surface area contributed by atoms with Gasteiger partial charge in [-0.2, -0.15) is 5.21 Å². The first kappa shape index (κ1) is 33.8. The van der Waals surface area contributed by atoms with Crippen LogP contribution in [0.25, 0.3) is 22.5 Å². The third-order valence-corrected chi connectivity index (χ3v) is 8.33. The highest BCUT2D eigenvalue weighted by molar-refractivity contribution is 6.32. The van der Waals surface area contributed by atoms with Gasteiger partial charge in [0.2, 0.25) is 12.1 Å². The first-order valence-corrected chi connectivity index (χ1v) is 16.0. The Morgan fingerprint density at radius 3 is 2.37 bits per heavy atom. The van der Waals surface area contributed by atoms with E-state index >= 15 is 0 Å². The van der Waals surface area contributed by atoms with E-state index in [4.69, 9.17) is 45.1 Å². The van der Waals surface area contributed by atoms with Crippen molar-refractivity contribution in [2.24, 2.45) is 0 Å². The molecule has 4 aromatic rings. The minimum Gasteiger partial charge on any atom is -0.450 e. The second-order valence-corrected chi connectivity index (χ2v) is 11.7. The number of aromatic amines is 1. The first-order chi connectivity index (χ1) is 23.7. The van der Waals surface area contributed by atoms with Crippen molar-refractivity contribution in [1.29, 1.82) is 0 Å². The van der Waals surface area contributed by atoms with Crippen LogP contribution in [0, 0.1) is 0 Å². The van der Waals surface area contributed by atoms with Crippen LogP contribution in [0.15, 0.2) is 48.5 Å². The van der Waals surface area contributed by atoms with Crippen molar-refractivity contribution in [3.05, 3.63) is 70.8 Å². The molecule has 0 aliphatic carbocycles. The largest absolute Gasteiger partial charge is 0.511 e. The van der Waals surface area contributed by atoms with Crippen LogP contribution >= 0.6 is 11.6 Å². The van der Waals surface area contributed by atoms with E-state index in [1.807, 2.05) is 55.5 Å². The molecule has 0 radical (unpaired) electrons. The summed E-state index contributed by atoms with van der Waals surface area (Å²) in [7, 11) is 0. The van der Waals surface area contributed by atoms with E-state index in [9.17, 15) is 14.4 Å². The van der Waals surface area contributed by atoms with E-state index < -0.39 is 49.0 Å². The molecule has 2 aliphatic heterocycles. The number of carbonyl (C=O) groups excluding carboxylic acids is 2. The van der Waals surface area contributed by atoms with Crippen LogP contribution in [-0.2, 0) is 41.4 Å². The summed E-state index contributed by atoms with van der Waals surface area (Å²) in [4.78, 5) is 41.4. The van der Waals surface area contributed by atoms with Crippen LogP contribution in [0.1, 0.15) is 48.6 Å². The minimum absolute atomic E-state index is 0.0129. The van der Waals surface area contributed by atoms with Crippen LogP contribution in [0.3, 0.4) is 0 Å². The summed E-state index contributed by atoms with van der Waals surface area (Å²) in [6.07, 6.45) is -4.85. The van der Waals surface area contributed by atoms with Gasteiger partial charge in [0.25, 0.3) is 0 Å². The van der Waals surface area contributed by atoms with Crippen molar-refractivity contribution in [3.63, 3.8) is 0 Å². The van der Waals surface area contributed by atoms with Gasteiger partial charge in [0.05, 0.1) is 13.2 Å². The van der Waals surface area contributed by atoms with Crippen molar-refractivity contribution < 1.29 is 47.9 Å². The van der Waals surface area contributed by atoms with Crippen LogP contribution in [0.5, 0.6) is 0 Å². The fourth-order valence-corrected chi connectivity index (χ4v) is 6.09. The molecule has 2 fully saturated rings. The highest BCUT2D eigenvalue weighted by atomic mass is 35.5. The van der Waals surface area contributed by atoms with Crippen LogP contribution in [0.4, 0.5) is 9.59 Å². The summed E-state index contributed by atoms with van der Waals surface area (Å²) in [5.74, 6) is 0.243. The van der Waals surface area contributed by atoms with Crippen molar-refractivity contribution >= 4 is 29.9 Å². The zero-order chi connectivity index (χ0) is 34.5. The zero-order valence-electron chi connectivity index (χ0n) is 26.5. The zero-order valence-corrected chi connectivity index (χ0v) is 27.2. The highest BCUT2D eigenvalue weighted by Gasteiger charge is 2.51. The normalized spacial score (nSPS) is 20.4. The van der Waals surface area contributed by atoms with E-state index in [2.05, 4.69) is 25.6 Å². The lowest BCUT2D eigenvalue weighted by Gasteiger charge is -2.19. The second kappa shape index (κ2) is 15.0. The molecule has 2 N–H and O–H groups in total. The van der Waals surface area contributed by atoms with Gasteiger partial charge in [-0.15, -0.1) is 10.2 Å². The summed E-state index contributed by atoms with van der Waals surface area (Å²) in [6.45, 7) is 3.57. The molecule has 0 amide bonds. The molecule has 0 bridgehead atoms. The van der Waals surface area contributed by atoms with Crippen molar-refractivity contribution in [3.8, 4) is 22.5 Å². The lowest BCUT2D eigenvalue weighted by Crippen LogP contribution is -2.36. The number of imidazole rings is 1. The number of tetrazole rings is 1. The topological polar surface area (TPSA) is 199 Å². The van der Waals surface area contributed by atoms with E-state index in [1.165, 1.54) is 6.92 Å². The van der Waals surface area contributed by atoms with Gasteiger partial charge in [0.15, 0.2) is 23.1 Å². The van der Waals surface area contributed by atoms with Gasteiger partial charge in [-0.1, -0.05) is 73.5 Å². The van der Waals surface area contributed by atoms with Crippen LogP contribution in [0.2, 0.25) is 5.15 Å². The van der Waals surface area contributed by atoms with Crippen molar-refractivity contribution in [2.75, 3.05) is 13.2 Å². The summed E-state index contributed by atoms with van der Waals surface area (Å²) < 4.78 is 33.5. The monoisotopic (exact) mass is 696 g/mol. The number of unbranched alkanes of at least 4 members (excludes halogenated alkanes) is 1. The van der Waals surface area contributed by atoms with E-state index in [-0.39, 0.29) is 30.6 Å². The maximum Gasteiger partial charge on any atom is 0.511 e. The number of aryl methyl sites for hydroxylation is 1. The standard InChI is InChI=1S/C32H33ClN6O10/c1-3-4-9-24-34-28(33)25(30(40)46-17(2)47-32(43)49-23-16-45-26-22(48-31(41)42)15-44-27(23)26)39(24)14-18-10-12-19(13-11-18)20-7-5-6-8-21(20)29-35-37-38-36-29/h5-8,10-13,17,22-23,26-27H,3-4,9,14-16H2,1-2H3,(H,41,42)(H,35,36,37,38)/t17?,22-,23-,26+,27+/m0/s1. The predicted octanol–water partition coefficient (Wildman–Crippen LogP) is 4.66. The number of carbonyl (C=O) groups is 3. The Morgan fingerprint density at radius 2 is 1.71 bits per heavy atom. The molecular weight excluding hydrogens is 664 g/mol. The lowest BCUT2D eigenvalue weighted by atomic mass is 9.98. The molecule has 2 aromatic heterocycles. The summed E-state index contributed by atoms with van der Waals surface area (Å²) in [5.41, 5.74) is 3.57. The second-order valence-electron chi connectivity index (χ2n) is 11.4. The summed E-state index contributed by atoms with van der Waals surface area (Å²) in [5, 5.41) is 23.2. The Balaban J connectivity index is 1.12. The van der Waals surface area contributed by atoms with Gasteiger partial charge < -0.3 is 38.1 Å². The van der Waals surface area contributed by atoms with Gasteiger partial charge in [0, 0.05) is 25.5 Å². The Morgan fingerprint density at radius 1 is 1.02 bits per heavy atom. The molecular formula is C32H33ClN6O10. The molecule has 49 heavy (non-hydrogen) atoms. The minimum atomic E-state index is -1.46. The SMILES string of the molecule is CCCCc1nc(Cl)c(C(=O)OC(C)OC(=O)O[C@H]2CO[C@H]3[C@@H]2OC[C@@H]3OC(=O)O)n1Cc1ccc(-c2ccccc2-c2nn[nH]n2)cc1. The number of esters is 1. The highest BCUT2D eigenvalue weighted by Crippen LogP contribution is 2.32. The number of aromatic nitrogens is 6. The molecule has 5 atom stereocenters. The summed E-state index contributed by atoms with van der Waals surface area (Å²) >= 11 is 6.50. The van der Waals surface area contributed by atoms with Crippen LogP contribution < -0.4 is 0 Å². The van der Waals surface area contributed by atoms with Crippen molar-refractivity contribution in [1.82, 2.24) is 30.2 Å². The number of nitrogens with zero attached hydrogens (tertiary/aromatic N) is 5. The molecule has 2 aliphatic rings. The number of ether oxygens (including phenoxy) is 6. The molecule has 6 rings (SSSR count). The maximum atomic E-state index is 13.4. The van der Waals surface area contributed by atoms with Gasteiger partial charge in [0.1, 0.15) is 18.0 Å². The quantitative estimate of drug-likeness (QED) is 0.118. The Kier molecular flexibility index (Phi) is 10.4. The number of nitrogens with one attached hydrogen (secondary N) is 1. The molecule has 0 saturated carbocycles. The van der Waals surface area contributed by atoms with E-state index in [0.717, 1.165) is 35.1 Å². The number of benzene rings is 2. The van der Waals surface area contributed by atoms with E-state index in [0.29, 0.717) is 18.1 Å². The van der Waals surface area contributed by atoms with E-state index in [1.54, 1.807) is 4.57 Å². The number of fused-ring (bicyclic) bond motifs is 1. The third kappa shape index (κ3) is 7.66. The van der Waals surface area contributed by atoms with Gasteiger partial charge in [-0.25, -0.2) is 19.4 Å². The smallest absolute Gasteiger partial charge is 0.450 e. The van der Waals surface area contributed by atoms with Crippen LogP contribution in [-0.4, -0.2) is 97.5 Å². The summed E-state index contributed by atoms with van der Waals surface area (Å²) in [6, 6.07) is 15.5. The first-order valence-electron chi connectivity index (χ1n) is 15.6. The molecule has 1 unspecified atom stereocenters. The number of rotatable bonds is 12. The molecule has 17 heteroatoms. The third-order valence-electron chi connectivity index (χ3n) is 8.07. The number of hydrogen-bond acceptors (Lipinski definition) is 13. The molecule has 2 aromatic carbocycles. The average Bonchev–Trinajstić information content (AvgIpc) is 3.87. The Hall–Kier alpha value is -5.06. The lowest BCUT2D eigenvalue weighted by molar-refractivity contribution is -0.0991. The van der Waals surface area contributed by atoms with Gasteiger partial charge in [-0.3, -0.25) is 0 Å². The fraction of sp³-hybridized carbons (Fsp3) is 0.406. The fourth-order valence-electron chi connectivity index (χ4n) is 5.81. The van der Waals surface area contributed by atoms with Crippen molar-refractivity contribution in [2.45, 2.75) is 70.4 Å². The molecule has 0 spiro atoms. The molecule has 16 nitrogen and oxygen atoms in total. The Bertz CT molecular complexity index is 1780. The molecule has 2 saturated heterocycles. The maximum absolute atomic E-state index is 13.4. The number of halogens is 1. The molecule has 4 heterocycles. The number of carboxylic acid groups (broad SMARTS) is 1. The Labute approximate surface area is 284 Å². The predicted molar refractivity (Wildman–Crippen MR) is 169 cm³/mol. The van der Waals surface area contributed by atoms with Gasteiger partial charge in [-0.05, 0) is 28.3 Å².